The Balaban J connectivity index is 1.42. The summed E-state index contributed by atoms with van der Waals surface area (Å²) in [6, 6.07) is 4.93. The highest BCUT2D eigenvalue weighted by Crippen LogP contribution is 2.52. The maximum absolute atomic E-state index is 15.5. The van der Waals surface area contributed by atoms with Gasteiger partial charge in [-0.05, 0) is 43.1 Å². The number of hydrogen-bond acceptors (Lipinski definition) is 9. The minimum atomic E-state index is -5.47. The molecule has 266 valence electrons. The topological polar surface area (TPSA) is 109 Å². The van der Waals surface area contributed by atoms with E-state index in [4.69, 9.17) is 10.5 Å². The summed E-state index contributed by atoms with van der Waals surface area (Å²) in [6.07, 6.45) is -8.97. The van der Waals surface area contributed by atoms with E-state index in [1.54, 1.807) is 16.8 Å². The minimum absolute atomic E-state index is 0.0511. The number of nitrogens with zero attached hydrogens (tertiary/aromatic N) is 7. The van der Waals surface area contributed by atoms with Crippen molar-refractivity contribution in [3.05, 3.63) is 58.7 Å². The molecular formula is C33H26F8N8OS. The van der Waals surface area contributed by atoms with Crippen LogP contribution in [0, 0.1) is 17.1 Å². The van der Waals surface area contributed by atoms with Crippen LogP contribution in [0.4, 0.5) is 45.9 Å². The Labute approximate surface area is 287 Å². The molecule has 18 heteroatoms. The van der Waals surface area contributed by atoms with Crippen molar-refractivity contribution in [2.24, 2.45) is 0 Å². The van der Waals surface area contributed by atoms with Crippen molar-refractivity contribution in [3.8, 4) is 23.2 Å². The largest absolute Gasteiger partial charge is 0.461 e. The van der Waals surface area contributed by atoms with Gasteiger partial charge in [0.05, 0.1) is 51.2 Å². The summed E-state index contributed by atoms with van der Waals surface area (Å²) in [4.78, 5) is 12.0. The van der Waals surface area contributed by atoms with Gasteiger partial charge in [-0.2, -0.15) is 46.7 Å². The molecule has 0 bridgehead atoms. The number of nitrogens with two attached hydrogens (primary N) is 1. The lowest BCUT2D eigenvalue weighted by molar-refractivity contribution is -0.141. The van der Waals surface area contributed by atoms with Crippen molar-refractivity contribution >= 4 is 43.1 Å². The molecule has 3 aliphatic rings. The Morgan fingerprint density at radius 1 is 1.08 bits per heavy atom. The van der Waals surface area contributed by atoms with Crippen LogP contribution in [-0.4, -0.2) is 62.6 Å². The molecule has 0 saturated carbocycles. The van der Waals surface area contributed by atoms with Crippen molar-refractivity contribution in [1.82, 2.24) is 24.6 Å². The van der Waals surface area contributed by atoms with Crippen LogP contribution in [0.2, 0.25) is 0 Å². The average molecular weight is 735 g/mol. The molecule has 0 aliphatic carbocycles. The fraction of sp³-hybridized carbons (Fsp3) is 0.394. The van der Waals surface area contributed by atoms with Gasteiger partial charge >= 0.3 is 18.4 Å². The van der Waals surface area contributed by atoms with E-state index in [9.17, 15) is 14.0 Å². The van der Waals surface area contributed by atoms with Gasteiger partial charge in [0, 0.05) is 42.0 Å². The fourth-order valence-corrected chi connectivity index (χ4v) is 8.79. The van der Waals surface area contributed by atoms with Gasteiger partial charge < -0.3 is 15.4 Å². The first kappa shape index (κ1) is 33.4. The molecule has 2 saturated heterocycles. The highest BCUT2D eigenvalue weighted by Gasteiger charge is 2.50. The van der Waals surface area contributed by atoms with Gasteiger partial charge in [-0.3, -0.25) is 9.58 Å². The van der Waals surface area contributed by atoms with Crippen molar-refractivity contribution in [2.75, 3.05) is 36.9 Å². The third kappa shape index (κ3) is 5.39. The standard InChI is InChI=1S/C33H26F8N8OS/c34-16-11-31(5-1-7-48(31)13-16)15-50-30-45-26-19(29(46-30)47-8-9-49-17(14-47)4-6-44-49)10-21(32(36,37)38)24(25(26)33(39,40)41)18-2-3-22(35)27-23(18)20(12-42)28(43)51-27/h2-4,6,10,16H,1,5,7-9,11,13-15,43H2/t16-,31+/m1/s1. The number of hydrogen-bond donors (Lipinski definition) is 1. The van der Waals surface area contributed by atoms with E-state index in [0.717, 1.165) is 18.6 Å². The maximum Gasteiger partial charge on any atom is 0.419 e. The molecule has 9 nitrogen and oxygen atoms in total. The predicted molar refractivity (Wildman–Crippen MR) is 171 cm³/mol. The van der Waals surface area contributed by atoms with Gasteiger partial charge in [-0.1, -0.05) is 6.07 Å². The number of alkyl halides is 7. The minimum Gasteiger partial charge on any atom is -0.461 e. The molecule has 3 aromatic heterocycles. The highest BCUT2D eigenvalue weighted by molar-refractivity contribution is 7.23. The third-order valence-corrected chi connectivity index (χ3v) is 11.0. The molecule has 2 N–H and O–H groups in total. The van der Waals surface area contributed by atoms with E-state index in [1.807, 2.05) is 4.90 Å². The van der Waals surface area contributed by atoms with Crippen molar-refractivity contribution in [1.29, 1.82) is 5.26 Å². The van der Waals surface area contributed by atoms with Crippen LogP contribution >= 0.6 is 11.3 Å². The number of fused-ring (bicyclic) bond motifs is 4. The van der Waals surface area contributed by atoms with E-state index < -0.39 is 80.0 Å². The first-order valence-corrected chi connectivity index (χ1v) is 16.7. The average Bonchev–Trinajstić information content (AvgIpc) is 3.83. The van der Waals surface area contributed by atoms with E-state index in [2.05, 4.69) is 15.1 Å². The number of thiophene rings is 1. The Morgan fingerprint density at radius 2 is 1.88 bits per heavy atom. The molecule has 8 rings (SSSR count). The fourth-order valence-electron chi connectivity index (χ4n) is 7.84. The van der Waals surface area contributed by atoms with Crippen LogP contribution < -0.4 is 15.4 Å². The summed E-state index contributed by atoms with van der Waals surface area (Å²) >= 11 is 0.541. The van der Waals surface area contributed by atoms with Crippen molar-refractivity contribution < 1.29 is 39.9 Å². The number of ether oxygens (including phenoxy) is 1. The van der Waals surface area contributed by atoms with Crippen LogP contribution in [0.1, 0.15) is 41.6 Å². The molecule has 2 aromatic carbocycles. The molecule has 0 spiro atoms. The SMILES string of the molecule is N#Cc1c(N)sc2c(F)ccc(-c3c(C(F)(F)F)cc4c(N5CCn6nccc6C5)nc(OC[C@@]56CCCN5C[C@H](F)C6)nc4c3C(F)(F)F)c12. The number of halogens is 8. The number of aromatic nitrogens is 4. The van der Waals surface area contributed by atoms with Crippen molar-refractivity contribution in [3.63, 3.8) is 0 Å². The second kappa shape index (κ2) is 11.6. The lowest BCUT2D eigenvalue weighted by Crippen LogP contribution is -2.43. The smallest absolute Gasteiger partial charge is 0.419 e. The zero-order valence-electron chi connectivity index (χ0n) is 26.4. The number of anilines is 2. The van der Waals surface area contributed by atoms with Crippen LogP contribution in [0.15, 0.2) is 30.5 Å². The van der Waals surface area contributed by atoms with Gasteiger partial charge in [0.25, 0.3) is 0 Å². The first-order chi connectivity index (χ1) is 24.2. The van der Waals surface area contributed by atoms with E-state index >= 15 is 26.3 Å². The summed E-state index contributed by atoms with van der Waals surface area (Å²) in [7, 11) is 0. The van der Waals surface area contributed by atoms with Gasteiger partial charge in [-0.25, -0.2) is 8.78 Å². The van der Waals surface area contributed by atoms with E-state index in [1.165, 1.54) is 11.1 Å². The normalized spacial score (nSPS) is 21.0. The maximum atomic E-state index is 15.5. The summed E-state index contributed by atoms with van der Waals surface area (Å²) in [5, 5.41) is 12.7. The van der Waals surface area contributed by atoms with E-state index in [0.29, 0.717) is 36.1 Å². The molecule has 3 aliphatic heterocycles. The zero-order chi connectivity index (χ0) is 36.0. The zero-order valence-corrected chi connectivity index (χ0v) is 27.2. The second-order valence-electron chi connectivity index (χ2n) is 13.0. The Hall–Kier alpha value is -4.76. The number of rotatable bonds is 5. The molecule has 2 atom stereocenters. The van der Waals surface area contributed by atoms with Gasteiger partial charge in [-0.15, -0.1) is 11.3 Å². The first-order valence-electron chi connectivity index (χ1n) is 15.9. The summed E-state index contributed by atoms with van der Waals surface area (Å²) in [5.74, 6) is -1.20. The predicted octanol–water partition coefficient (Wildman–Crippen LogP) is 7.31. The third-order valence-electron chi connectivity index (χ3n) is 10.0. The summed E-state index contributed by atoms with van der Waals surface area (Å²) in [6.45, 7) is 1.08. The van der Waals surface area contributed by atoms with Crippen molar-refractivity contribution in [2.45, 2.75) is 56.4 Å². The van der Waals surface area contributed by atoms with Crippen LogP contribution in [0.5, 0.6) is 6.01 Å². The molecule has 0 radical (unpaired) electrons. The van der Waals surface area contributed by atoms with Crippen LogP contribution in [-0.2, 0) is 25.4 Å². The summed E-state index contributed by atoms with van der Waals surface area (Å²) in [5.41, 5.74) is -1.02. The van der Waals surface area contributed by atoms with Gasteiger partial charge in [0.1, 0.15) is 35.5 Å². The van der Waals surface area contributed by atoms with Gasteiger partial charge in [0.15, 0.2) is 0 Å². The number of nitrogen functional groups attached to an aromatic ring is 1. The lowest BCUT2D eigenvalue weighted by atomic mass is 9.88. The molecule has 6 heterocycles. The highest BCUT2D eigenvalue weighted by atomic mass is 32.1. The molecular weight excluding hydrogens is 708 g/mol. The quantitative estimate of drug-likeness (QED) is 0.187. The molecule has 0 amide bonds. The molecule has 0 unspecified atom stereocenters. The second-order valence-corrected chi connectivity index (χ2v) is 14.0. The monoisotopic (exact) mass is 734 g/mol. The Morgan fingerprint density at radius 3 is 2.63 bits per heavy atom. The lowest BCUT2D eigenvalue weighted by Gasteiger charge is -2.32. The Bertz CT molecular complexity index is 2260. The Kier molecular flexibility index (Phi) is 7.62. The molecule has 5 aromatic rings. The molecule has 2 fully saturated rings. The van der Waals surface area contributed by atoms with Crippen LogP contribution in [0.3, 0.4) is 0 Å². The van der Waals surface area contributed by atoms with E-state index in [-0.39, 0.29) is 54.7 Å². The van der Waals surface area contributed by atoms with Crippen LogP contribution in [0.25, 0.3) is 32.1 Å². The van der Waals surface area contributed by atoms with Gasteiger partial charge in [0.2, 0.25) is 0 Å². The number of nitriles is 1. The summed E-state index contributed by atoms with van der Waals surface area (Å²) < 4.78 is 129. The molecule has 51 heavy (non-hydrogen) atoms. The number of benzene rings is 2.